The fourth-order valence-electron chi connectivity index (χ4n) is 15.3. The minimum atomic E-state index is -1.50. The number of aliphatic hydroxyl groups excluding tert-OH is 1. The van der Waals surface area contributed by atoms with Crippen LogP contribution in [0.1, 0.15) is 130 Å². The van der Waals surface area contributed by atoms with Crippen LogP contribution in [0, 0.1) is 20.2 Å². The second kappa shape index (κ2) is 51.5. The van der Waals surface area contributed by atoms with Gasteiger partial charge in [0.15, 0.2) is 0 Å². The van der Waals surface area contributed by atoms with Crippen LogP contribution in [0.25, 0.3) is 0 Å². The number of nitrogens with one attached hydrogen (secondary N) is 4. The lowest BCUT2D eigenvalue weighted by molar-refractivity contribution is -0.742. The Morgan fingerprint density at radius 3 is 0.939 bits per heavy atom. The Hall–Kier alpha value is -15.2. The van der Waals surface area contributed by atoms with E-state index in [0.717, 1.165) is 152 Å². The highest BCUT2D eigenvalue weighted by Gasteiger charge is 2.28. The van der Waals surface area contributed by atoms with Gasteiger partial charge in [-0.05, 0) is 243 Å². The summed E-state index contributed by atoms with van der Waals surface area (Å²) in [6, 6.07) is 88.4. The molecule has 0 unspecified atom stereocenters. The minimum Gasteiger partial charge on any atom is -0.454 e. The number of fused-ring (bicyclic) bond motifs is 12. The van der Waals surface area contributed by atoms with E-state index in [1.807, 2.05) is 132 Å². The van der Waals surface area contributed by atoms with Crippen molar-refractivity contribution >= 4 is 144 Å². The quantitative estimate of drug-likeness (QED) is 0.0154. The molecule has 10 N–H and O–H groups in total. The molecular weight excluding hydrogens is 1680 g/mol. The van der Waals surface area contributed by atoms with Crippen molar-refractivity contribution in [2.75, 3.05) is 67.8 Å². The first-order valence-electron chi connectivity index (χ1n) is 41.9. The standard InChI is InChI=1S/C17H18N2O2.C16H14N2O3.C16H16N2O.C16H15NO.C14H14N2.C14H13N.C4H6O3.C3H5ClO2.CH4O.2CH4.HNO3/c1-2-21-17(20)18-14-10-9-13-8-7-12-5-3-4-6-15(12)19-16(13)11-14;1-11(19)17-15-5-3-2-4-12(15)6-7-13-8-9-14(18(20)21)10-16(13)17;1-11(19)18-15-5-3-2-4-12(15)6-7-13-8-9-14(17)10-16(13)18;1-12(18)17-15-8-4-2-6-13(15)10-11-14-7-3-5-9-16(14)17;15-12-8-7-11-6-5-10-3-1-2-4-13(10)16-14(11)9-12;1-3-7-13-11(5-1)9-10-12-6-2-4-8-14(12)15-13;1-3(5)7-4(2)6;1-2-6-3(4)5;1-2;;;2-1(3)4/h3-6,9-11,19H,2,7-8H2,1H3,(H,18,20);2-5,8-10H,6-7H2,1H3;2-5,8-10H,6-7,17H2,1H3;2-9H,10-11H2,1H3;1-4,7-9,16H,5-6,15H2;1-8,15H,9-10H2;1-2H3;2H2,1H3;2H,1H3;2*1H4;(H,2,3,4). The Labute approximate surface area is 769 Å². The molecule has 0 saturated carbocycles. The average molecular weight is 1800 g/mol. The molecule has 4 amide bonds. The molecule has 12 aromatic rings. The number of halogens is 1. The van der Waals surface area contributed by atoms with E-state index in [-0.39, 0.29) is 38.3 Å². The molecule has 6 heterocycles. The van der Waals surface area contributed by atoms with E-state index < -0.39 is 33.5 Å². The van der Waals surface area contributed by atoms with Crippen molar-refractivity contribution in [2.45, 2.75) is 140 Å². The maximum absolute atomic E-state index is 12.1. The van der Waals surface area contributed by atoms with Crippen LogP contribution in [0.2, 0.25) is 0 Å². The number of non-ortho nitro benzene ring substituents is 1. The highest BCUT2D eigenvalue weighted by Crippen LogP contribution is 2.42. The summed E-state index contributed by atoms with van der Waals surface area (Å²) >= 11 is 4.72. The molecule has 0 atom stereocenters. The molecule has 0 aromatic heterocycles. The van der Waals surface area contributed by atoms with Crippen LogP contribution in [0.5, 0.6) is 0 Å². The number of carbonyl (C=O) groups excluding carboxylic acids is 7. The van der Waals surface area contributed by atoms with Gasteiger partial charge in [0.25, 0.3) is 10.8 Å². The zero-order chi connectivity index (χ0) is 93.1. The molecule has 0 bridgehead atoms. The van der Waals surface area contributed by atoms with Gasteiger partial charge in [0, 0.05) is 117 Å². The third-order valence-electron chi connectivity index (χ3n) is 20.9. The fraction of sp³-hybridized carbons (Fsp3) is 0.233. The molecule has 27 nitrogen and oxygen atoms in total. The van der Waals surface area contributed by atoms with Gasteiger partial charge in [0.2, 0.25) is 17.7 Å². The van der Waals surface area contributed by atoms with Crippen LogP contribution < -0.4 is 47.4 Å². The molecular formula is C103H114ClN11O16. The number of amides is 4. The van der Waals surface area contributed by atoms with Crippen LogP contribution >= 0.6 is 11.6 Å². The van der Waals surface area contributed by atoms with Crippen LogP contribution in [0.3, 0.4) is 0 Å². The van der Waals surface area contributed by atoms with Gasteiger partial charge in [-0.25, -0.2) is 9.59 Å². The second-order valence-corrected chi connectivity index (χ2v) is 30.0. The normalized spacial score (nSPS) is 12.0. The Balaban J connectivity index is 0.000000206. The number of nitro benzene ring substituents is 1. The number of aliphatic hydroxyl groups is 1. The first-order chi connectivity index (χ1) is 62.2. The predicted octanol–water partition coefficient (Wildman–Crippen LogP) is 22.6. The number of rotatable bonds is 4. The van der Waals surface area contributed by atoms with E-state index in [0.29, 0.717) is 24.6 Å². The number of nitrogen functional groups attached to an aromatic ring is 2. The molecule has 0 radical (unpaired) electrons. The van der Waals surface area contributed by atoms with E-state index in [2.05, 4.69) is 152 Å². The monoisotopic (exact) mass is 1800 g/mol. The second-order valence-electron chi connectivity index (χ2n) is 29.7. The third kappa shape index (κ3) is 30.0. The number of nitro groups is 1. The minimum absolute atomic E-state index is 0. The number of ether oxygens (including phenoxy) is 3. The molecule has 131 heavy (non-hydrogen) atoms. The van der Waals surface area contributed by atoms with E-state index in [9.17, 15) is 43.7 Å². The molecule has 12 aromatic carbocycles. The topological polar surface area (TPSA) is 384 Å². The molecule has 684 valence electrons. The van der Waals surface area contributed by atoms with E-state index in [1.54, 1.807) is 43.6 Å². The van der Waals surface area contributed by atoms with Crippen molar-refractivity contribution in [2.24, 2.45) is 0 Å². The number of nitrogens with two attached hydrogens (primary N) is 2. The number of para-hydroxylation sites is 8. The summed E-state index contributed by atoms with van der Waals surface area (Å²) in [5.41, 5.74) is 40.5. The Morgan fingerprint density at radius 2 is 0.626 bits per heavy atom. The fourth-order valence-corrected chi connectivity index (χ4v) is 15.4. The number of carbonyl (C=O) groups is 7. The van der Waals surface area contributed by atoms with Gasteiger partial charge < -0.3 is 51.9 Å². The molecule has 28 heteroatoms. The number of esters is 2. The summed E-state index contributed by atoms with van der Waals surface area (Å²) < 4.78 is 13.0. The summed E-state index contributed by atoms with van der Waals surface area (Å²) in [5.74, 6) is -1.19. The first-order valence-corrected chi connectivity index (χ1v) is 42.3. The van der Waals surface area contributed by atoms with Crippen LogP contribution in [0.15, 0.2) is 267 Å². The third-order valence-corrected chi connectivity index (χ3v) is 21.0. The van der Waals surface area contributed by atoms with Gasteiger partial charge in [-0.3, -0.25) is 54.1 Å². The lowest BCUT2D eigenvalue weighted by atomic mass is 10.0. The van der Waals surface area contributed by atoms with E-state index in [4.69, 9.17) is 48.2 Å². The smallest absolute Gasteiger partial charge is 0.411 e. The van der Waals surface area contributed by atoms with Gasteiger partial charge in [0.1, 0.15) is 0 Å². The zero-order valence-electron chi connectivity index (χ0n) is 73.2. The summed E-state index contributed by atoms with van der Waals surface area (Å²) in [4.78, 5) is 101. The van der Waals surface area contributed by atoms with Gasteiger partial charge in [-0.1, -0.05) is 185 Å². The van der Waals surface area contributed by atoms with E-state index >= 15 is 0 Å². The number of benzene rings is 12. The maximum Gasteiger partial charge on any atom is 0.411 e. The van der Waals surface area contributed by atoms with Crippen molar-refractivity contribution in [3.05, 3.63) is 354 Å². The highest BCUT2D eigenvalue weighted by atomic mass is 35.5. The van der Waals surface area contributed by atoms with Gasteiger partial charge in [-0.2, -0.15) is 0 Å². The number of nitrogens with zero attached hydrogens (tertiary/aromatic N) is 5. The van der Waals surface area contributed by atoms with Crippen molar-refractivity contribution in [3.8, 4) is 0 Å². The van der Waals surface area contributed by atoms with Gasteiger partial charge in [0.05, 0.1) is 52.3 Å². The number of anilines is 15. The molecule has 18 rings (SSSR count). The van der Waals surface area contributed by atoms with Crippen molar-refractivity contribution in [1.82, 2.24) is 0 Å². The lowest BCUT2D eigenvalue weighted by Gasteiger charge is -2.23. The summed E-state index contributed by atoms with van der Waals surface area (Å²) in [5, 5.41) is 44.8. The maximum atomic E-state index is 12.1. The molecule has 0 spiro atoms. The first kappa shape index (κ1) is 103. The van der Waals surface area contributed by atoms with E-state index in [1.165, 1.54) is 106 Å². The molecule has 0 saturated heterocycles. The van der Waals surface area contributed by atoms with Crippen molar-refractivity contribution < 1.29 is 68.1 Å². The molecule has 0 fully saturated rings. The average Bonchev–Trinajstić information content (AvgIpc) is 1.70. The lowest BCUT2D eigenvalue weighted by Crippen LogP contribution is -2.23. The van der Waals surface area contributed by atoms with Crippen LogP contribution in [0.4, 0.5) is 101 Å². The van der Waals surface area contributed by atoms with Crippen LogP contribution in [-0.4, -0.2) is 81.8 Å². The predicted molar refractivity (Wildman–Crippen MR) is 522 cm³/mol. The number of aryl methyl sites for hydroxylation is 12. The summed E-state index contributed by atoms with van der Waals surface area (Å²) in [7, 11) is 1.00. The Kier molecular flexibility index (Phi) is 40.5. The molecule has 6 aliphatic heterocycles. The largest absolute Gasteiger partial charge is 0.454 e. The van der Waals surface area contributed by atoms with Crippen molar-refractivity contribution in [1.29, 1.82) is 0 Å². The number of hydrogen-bond acceptors (Lipinski definition) is 20. The molecule has 6 aliphatic rings. The Morgan fingerprint density at radius 1 is 0.366 bits per heavy atom. The van der Waals surface area contributed by atoms with Gasteiger partial charge >= 0.3 is 23.5 Å². The van der Waals surface area contributed by atoms with Crippen molar-refractivity contribution in [3.63, 3.8) is 0 Å². The number of hydrogen-bond donors (Lipinski definition) is 8. The van der Waals surface area contributed by atoms with Crippen LogP contribution in [-0.2, 0) is 115 Å². The summed E-state index contributed by atoms with van der Waals surface area (Å²) in [6.45, 7) is 11.3. The molecule has 0 aliphatic carbocycles. The zero-order valence-corrected chi connectivity index (χ0v) is 73.9. The highest BCUT2D eigenvalue weighted by molar-refractivity contribution is 6.61. The SMILES string of the molecule is C.C.CC(=O)N1c2ccccc2CCc2ccc(N)cc21.CC(=O)N1c2ccccc2CCc2ccc([N+](=O)[O-])cc21.CC(=O)N1c2ccccc2CCc2ccccc21.CC(=O)OC(C)=O.CCOC(=O)Cl.CCOC(=O)Nc1ccc2c(c1)Nc1ccccc1CC2.CO.Nc1ccc2c(c1)Nc1ccccc1CC2.O=[N+]([O-])O.c1ccc2c(c1)CCc1ccccc1N2. The van der Waals surface area contributed by atoms with Gasteiger partial charge in [-0.15, -0.1) is 10.1 Å². The Bertz CT molecular complexity index is 5840. The summed E-state index contributed by atoms with van der Waals surface area (Å²) in [6.07, 6.45) is 11.4.